The topological polar surface area (TPSA) is 40.5 Å². The second kappa shape index (κ2) is 6.83. The summed E-state index contributed by atoms with van der Waals surface area (Å²) >= 11 is 0. The van der Waals surface area contributed by atoms with Gasteiger partial charge in [0.05, 0.1) is 6.10 Å². The molecule has 2 heteroatoms. The Morgan fingerprint density at radius 3 is 1.92 bits per heavy atom. The lowest BCUT2D eigenvalue weighted by atomic mass is 10.1. The molecule has 1 atom stereocenters. The van der Waals surface area contributed by atoms with Gasteiger partial charge in [0, 0.05) is 6.61 Å². The largest absolute Gasteiger partial charge is 0.397 e. The van der Waals surface area contributed by atoms with E-state index in [1.165, 1.54) is 0 Å². The molecule has 0 saturated carbocycles. The van der Waals surface area contributed by atoms with Crippen LogP contribution >= 0.6 is 0 Å². The molecule has 0 radical (unpaired) electrons. The molecular formula is C10H16O2. The van der Waals surface area contributed by atoms with Crippen molar-refractivity contribution in [1.29, 1.82) is 0 Å². The normalized spacial score (nSPS) is 11.3. The highest BCUT2D eigenvalue weighted by Gasteiger charge is 1.95. The Kier molecular flexibility index (Phi) is 6.34. The van der Waals surface area contributed by atoms with E-state index in [2.05, 4.69) is 0 Å². The molecule has 1 rings (SSSR count). The van der Waals surface area contributed by atoms with Gasteiger partial charge >= 0.3 is 0 Å². The van der Waals surface area contributed by atoms with Crippen LogP contribution in [0.25, 0.3) is 0 Å². The van der Waals surface area contributed by atoms with E-state index in [0.29, 0.717) is 0 Å². The van der Waals surface area contributed by atoms with Crippen LogP contribution in [0.5, 0.6) is 0 Å². The Bertz CT molecular complexity index is 182. The molecule has 0 aliphatic rings. The predicted octanol–water partition coefficient (Wildman–Crippen LogP) is 1.74. The third-order valence-corrected chi connectivity index (χ3v) is 1.28. The number of benzene rings is 1. The highest BCUT2D eigenvalue weighted by molar-refractivity contribution is 5.16. The quantitative estimate of drug-likeness (QED) is 0.670. The summed E-state index contributed by atoms with van der Waals surface area (Å²) in [4.78, 5) is 0. The lowest BCUT2D eigenvalue weighted by Crippen LogP contribution is -1.87. The van der Waals surface area contributed by atoms with E-state index < -0.39 is 0 Å². The molecule has 0 aliphatic heterocycles. The van der Waals surface area contributed by atoms with Gasteiger partial charge in [0.15, 0.2) is 0 Å². The average Bonchev–Trinajstić information content (AvgIpc) is 2.07. The zero-order valence-electron chi connectivity index (χ0n) is 7.57. The summed E-state index contributed by atoms with van der Waals surface area (Å²) in [6.07, 6.45) is -0.341. The Hall–Kier alpha value is -0.860. The van der Waals surface area contributed by atoms with Gasteiger partial charge in [0.2, 0.25) is 0 Å². The third-order valence-electron chi connectivity index (χ3n) is 1.28. The van der Waals surface area contributed by atoms with E-state index >= 15 is 0 Å². The van der Waals surface area contributed by atoms with Crippen molar-refractivity contribution in [2.45, 2.75) is 20.0 Å². The van der Waals surface area contributed by atoms with Crippen LogP contribution in [0.15, 0.2) is 30.3 Å². The van der Waals surface area contributed by atoms with Crippen molar-refractivity contribution in [3.05, 3.63) is 35.9 Å². The molecule has 1 aromatic carbocycles. The van der Waals surface area contributed by atoms with Crippen LogP contribution in [0.4, 0.5) is 0 Å². The zero-order chi connectivity index (χ0) is 9.40. The van der Waals surface area contributed by atoms with Crippen LogP contribution in [0.2, 0.25) is 0 Å². The van der Waals surface area contributed by atoms with Crippen molar-refractivity contribution in [2.75, 3.05) is 6.61 Å². The SMILES string of the molecule is CC(O)c1ccccc1.CCO. The fourth-order valence-electron chi connectivity index (χ4n) is 0.732. The molecule has 1 unspecified atom stereocenters. The van der Waals surface area contributed by atoms with Gasteiger partial charge in [-0.2, -0.15) is 0 Å². The van der Waals surface area contributed by atoms with E-state index in [9.17, 15) is 0 Å². The Labute approximate surface area is 73.5 Å². The average molecular weight is 168 g/mol. The lowest BCUT2D eigenvalue weighted by Gasteiger charge is -2.00. The minimum atomic E-state index is -0.341. The number of aliphatic hydroxyl groups excluding tert-OH is 2. The van der Waals surface area contributed by atoms with Gasteiger partial charge in [0.25, 0.3) is 0 Å². The lowest BCUT2D eigenvalue weighted by molar-refractivity contribution is 0.199. The summed E-state index contributed by atoms with van der Waals surface area (Å²) in [5.41, 5.74) is 0.970. The smallest absolute Gasteiger partial charge is 0.0761 e. The minimum Gasteiger partial charge on any atom is -0.397 e. The molecule has 0 aliphatic carbocycles. The number of hydrogen-bond donors (Lipinski definition) is 2. The van der Waals surface area contributed by atoms with Crippen LogP contribution in [0.1, 0.15) is 25.5 Å². The molecule has 68 valence electrons. The summed E-state index contributed by atoms with van der Waals surface area (Å²) in [5.74, 6) is 0. The maximum absolute atomic E-state index is 9.02. The first-order chi connectivity index (χ1) is 5.72. The summed E-state index contributed by atoms with van der Waals surface area (Å²) in [7, 11) is 0. The van der Waals surface area contributed by atoms with Crippen molar-refractivity contribution >= 4 is 0 Å². The maximum Gasteiger partial charge on any atom is 0.0761 e. The molecule has 2 nitrogen and oxygen atoms in total. The highest BCUT2D eigenvalue weighted by atomic mass is 16.3. The first-order valence-electron chi connectivity index (χ1n) is 4.06. The van der Waals surface area contributed by atoms with Crippen molar-refractivity contribution in [1.82, 2.24) is 0 Å². The molecule has 12 heavy (non-hydrogen) atoms. The monoisotopic (exact) mass is 168 g/mol. The van der Waals surface area contributed by atoms with Gasteiger partial charge in [-0.1, -0.05) is 30.3 Å². The predicted molar refractivity (Wildman–Crippen MR) is 49.8 cm³/mol. The Balaban J connectivity index is 0.000000354. The van der Waals surface area contributed by atoms with Gasteiger partial charge < -0.3 is 10.2 Å². The Morgan fingerprint density at radius 2 is 1.67 bits per heavy atom. The molecule has 0 aromatic heterocycles. The van der Waals surface area contributed by atoms with Crippen LogP contribution in [0.3, 0.4) is 0 Å². The first kappa shape index (κ1) is 11.1. The molecule has 0 spiro atoms. The molecular weight excluding hydrogens is 152 g/mol. The van der Waals surface area contributed by atoms with Gasteiger partial charge in [-0.15, -0.1) is 0 Å². The summed E-state index contributed by atoms with van der Waals surface area (Å²) in [5, 5.41) is 16.6. The summed E-state index contributed by atoms with van der Waals surface area (Å²) < 4.78 is 0. The molecule has 0 bridgehead atoms. The van der Waals surface area contributed by atoms with E-state index in [4.69, 9.17) is 10.2 Å². The number of aliphatic hydroxyl groups is 2. The number of hydrogen-bond acceptors (Lipinski definition) is 2. The van der Waals surface area contributed by atoms with Gasteiger partial charge in [-0.25, -0.2) is 0 Å². The van der Waals surface area contributed by atoms with Crippen molar-refractivity contribution < 1.29 is 10.2 Å². The molecule has 0 heterocycles. The van der Waals surface area contributed by atoms with Crippen LogP contribution in [0, 0.1) is 0 Å². The van der Waals surface area contributed by atoms with Crippen molar-refractivity contribution in [2.24, 2.45) is 0 Å². The van der Waals surface area contributed by atoms with E-state index in [1.807, 2.05) is 30.3 Å². The van der Waals surface area contributed by atoms with Crippen molar-refractivity contribution in [3.8, 4) is 0 Å². The van der Waals surface area contributed by atoms with Crippen LogP contribution in [-0.2, 0) is 0 Å². The fourth-order valence-corrected chi connectivity index (χ4v) is 0.732. The van der Waals surface area contributed by atoms with Gasteiger partial charge in [-0.3, -0.25) is 0 Å². The van der Waals surface area contributed by atoms with Gasteiger partial charge in [0.1, 0.15) is 0 Å². The minimum absolute atomic E-state index is 0.250. The van der Waals surface area contributed by atoms with Crippen molar-refractivity contribution in [3.63, 3.8) is 0 Å². The Morgan fingerprint density at radius 1 is 1.25 bits per heavy atom. The summed E-state index contributed by atoms with van der Waals surface area (Å²) in [6, 6.07) is 9.59. The maximum atomic E-state index is 9.02. The zero-order valence-corrected chi connectivity index (χ0v) is 7.57. The molecule has 0 saturated heterocycles. The van der Waals surface area contributed by atoms with Gasteiger partial charge in [-0.05, 0) is 19.4 Å². The van der Waals surface area contributed by atoms with Crippen LogP contribution < -0.4 is 0 Å². The second-order valence-electron chi connectivity index (χ2n) is 2.40. The highest BCUT2D eigenvalue weighted by Crippen LogP contribution is 2.08. The molecule has 0 amide bonds. The van der Waals surface area contributed by atoms with E-state index in [0.717, 1.165) is 5.56 Å². The van der Waals surface area contributed by atoms with Crippen LogP contribution in [-0.4, -0.2) is 16.8 Å². The molecule has 1 aromatic rings. The summed E-state index contributed by atoms with van der Waals surface area (Å²) in [6.45, 7) is 3.69. The number of rotatable bonds is 1. The van der Waals surface area contributed by atoms with E-state index in [-0.39, 0.29) is 12.7 Å². The molecule has 0 fully saturated rings. The van der Waals surface area contributed by atoms with E-state index in [1.54, 1.807) is 13.8 Å². The second-order valence-corrected chi connectivity index (χ2v) is 2.40. The fraction of sp³-hybridized carbons (Fsp3) is 0.400. The first-order valence-corrected chi connectivity index (χ1v) is 4.06. The third kappa shape index (κ3) is 4.88. The molecule has 2 N–H and O–H groups in total. The standard InChI is InChI=1S/C8H10O.C2H6O/c1-7(9)8-5-3-2-4-6-8;1-2-3/h2-7,9H,1H3;3H,2H2,1H3.